The van der Waals surface area contributed by atoms with Gasteiger partial charge in [0.25, 0.3) is 0 Å². The van der Waals surface area contributed by atoms with E-state index in [0.29, 0.717) is 16.6 Å². The highest BCUT2D eigenvalue weighted by molar-refractivity contribution is 6.03. The Bertz CT molecular complexity index is 921. The van der Waals surface area contributed by atoms with Crippen molar-refractivity contribution in [1.82, 2.24) is 4.98 Å². The number of methoxy groups -OCH3 is 1. The van der Waals surface area contributed by atoms with E-state index in [2.05, 4.69) is 9.72 Å². The number of hydrogen-bond donors (Lipinski definition) is 0. The average Bonchev–Trinajstić information content (AvgIpc) is 2.59. The number of ether oxygens (including phenoxy) is 2. The number of benzene rings is 2. The van der Waals surface area contributed by atoms with E-state index in [0.717, 1.165) is 5.39 Å². The predicted molar refractivity (Wildman–Crippen MR) is 85.2 cm³/mol. The minimum Gasteiger partial charge on any atom is -0.464 e. The van der Waals surface area contributed by atoms with E-state index < -0.39 is 12.3 Å². The number of halogens is 3. The van der Waals surface area contributed by atoms with Crippen LogP contribution in [0.25, 0.3) is 22.0 Å². The first-order chi connectivity index (χ1) is 11.9. The smallest absolute Gasteiger partial charge is 0.464 e. The summed E-state index contributed by atoms with van der Waals surface area (Å²) in [5, 5.41) is 1.40. The number of fused-ring (bicyclic) bond motifs is 1. The summed E-state index contributed by atoms with van der Waals surface area (Å²) in [4.78, 5) is 16.3. The number of nitrogens with zero attached hydrogens (tertiary/aromatic N) is 1. The van der Waals surface area contributed by atoms with E-state index in [1.807, 2.05) is 12.1 Å². The third-order valence-electron chi connectivity index (χ3n) is 3.50. The summed E-state index contributed by atoms with van der Waals surface area (Å²) in [6, 6.07) is 14.2. The molecule has 3 aromatic rings. The molecule has 0 unspecified atom stereocenters. The summed E-state index contributed by atoms with van der Waals surface area (Å²) in [5.74, 6) is -0.916. The van der Waals surface area contributed by atoms with E-state index in [-0.39, 0.29) is 11.4 Å². The van der Waals surface area contributed by atoms with Crippen LogP contribution in [0.3, 0.4) is 0 Å². The lowest BCUT2D eigenvalue weighted by molar-refractivity contribution is -0.274. The van der Waals surface area contributed by atoms with Crippen LogP contribution in [-0.2, 0) is 4.74 Å². The molecule has 0 aliphatic carbocycles. The van der Waals surface area contributed by atoms with Crippen LogP contribution in [-0.4, -0.2) is 24.4 Å². The molecule has 0 saturated heterocycles. The summed E-state index contributed by atoms with van der Waals surface area (Å²) in [5.41, 5.74) is 1.13. The molecule has 25 heavy (non-hydrogen) atoms. The Hall–Kier alpha value is -3.09. The van der Waals surface area contributed by atoms with Crippen molar-refractivity contribution in [2.75, 3.05) is 7.11 Å². The van der Waals surface area contributed by atoms with Crippen LogP contribution in [0.5, 0.6) is 5.75 Å². The van der Waals surface area contributed by atoms with Crippen molar-refractivity contribution in [2.45, 2.75) is 6.36 Å². The van der Waals surface area contributed by atoms with Gasteiger partial charge in [0, 0.05) is 10.9 Å². The van der Waals surface area contributed by atoms with Crippen LogP contribution >= 0.6 is 0 Å². The molecule has 0 bridgehead atoms. The van der Waals surface area contributed by atoms with Gasteiger partial charge in [0.05, 0.1) is 12.8 Å². The Kier molecular flexibility index (Phi) is 4.31. The molecule has 0 saturated carbocycles. The summed E-state index contributed by atoms with van der Waals surface area (Å²) in [7, 11) is 1.26. The zero-order valence-electron chi connectivity index (χ0n) is 13.0. The highest BCUT2D eigenvalue weighted by Gasteiger charge is 2.31. The standard InChI is InChI=1S/C18H12F3NO3/c1-24-17(23)16-14-5-3-2-4-12(14)10-15(22-16)11-6-8-13(9-7-11)25-18(19,20)21/h2-10H,1H3. The maximum atomic E-state index is 12.2. The van der Waals surface area contributed by atoms with Gasteiger partial charge in [-0.15, -0.1) is 13.2 Å². The van der Waals surface area contributed by atoms with Crippen LogP contribution in [0, 0.1) is 0 Å². The van der Waals surface area contributed by atoms with Gasteiger partial charge in [-0.1, -0.05) is 24.3 Å². The lowest BCUT2D eigenvalue weighted by atomic mass is 10.0. The molecule has 7 heteroatoms. The normalized spacial score (nSPS) is 11.4. The first-order valence-electron chi connectivity index (χ1n) is 7.21. The minimum absolute atomic E-state index is 0.145. The summed E-state index contributed by atoms with van der Waals surface area (Å²) in [6.45, 7) is 0. The number of alkyl halides is 3. The summed E-state index contributed by atoms with van der Waals surface area (Å²) < 4.78 is 45.3. The number of carbonyl (C=O) groups is 1. The molecule has 0 aliphatic rings. The fraction of sp³-hybridized carbons (Fsp3) is 0.111. The van der Waals surface area contributed by atoms with Gasteiger partial charge in [-0.2, -0.15) is 0 Å². The highest BCUT2D eigenvalue weighted by atomic mass is 19.4. The molecule has 0 radical (unpaired) electrons. The van der Waals surface area contributed by atoms with Crippen LogP contribution in [0.1, 0.15) is 10.5 Å². The van der Waals surface area contributed by atoms with Crippen LogP contribution in [0.4, 0.5) is 13.2 Å². The Morgan fingerprint density at radius 1 is 1.04 bits per heavy atom. The van der Waals surface area contributed by atoms with Gasteiger partial charge < -0.3 is 9.47 Å². The van der Waals surface area contributed by atoms with E-state index in [9.17, 15) is 18.0 Å². The fourth-order valence-electron chi connectivity index (χ4n) is 2.43. The van der Waals surface area contributed by atoms with Gasteiger partial charge >= 0.3 is 12.3 Å². The maximum absolute atomic E-state index is 12.2. The fourth-order valence-corrected chi connectivity index (χ4v) is 2.43. The molecule has 0 fully saturated rings. The second-order valence-electron chi connectivity index (χ2n) is 5.14. The first-order valence-corrected chi connectivity index (χ1v) is 7.21. The first kappa shape index (κ1) is 16.8. The third-order valence-corrected chi connectivity index (χ3v) is 3.50. The number of hydrogen-bond acceptors (Lipinski definition) is 4. The molecular formula is C18H12F3NO3. The van der Waals surface area contributed by atoms with Crippen molar-refractivity contribution in [3.05, 3.63) is 60.3 Å². The second-order valence-corrected chi connectivity index (χ2v) is 5.14. The number of rotatable bonds is 3. The quantitative estimate of drug-likeness (QED) is 0.651. The third kappa shape index (κ3) is 3.71. The van der Waals surface area contributed by atoms with E-state index >= 15 is 0 Å². The van der Waals surface area contributed by atoms with Crippen molar-refractivity contribution in [3.8, 4) is 17.0 Å². The molecule has 0 N–H and O–H groups in total. The molecule has 1 heterocycles. The van der Waals surface area contributed by atoms with E-state index in [4.69, 9.17) is 4.74 Å². The molecule has 3 rings (SSSR count). The van der Waals surface area contributed by atoms with Gasteiger partial charge in [-0.3, -0.25) is 0 Å². The molecule has 0 spiro atoms. The second kappa shape index (κ2) is 6.43. The number of carbonyl (C=O) groups excluding carboxylic acids is 1. The molecule has 128 valence electrons. The van der Waals surface area contributed by atoms with E-state index in [1.54, 1.807) is 18.2 Å². The summed E-state index contributed by atoms with van der Waals surface area (Å²) in [6.07, 6.45) is -4.75. The molecule has 0 aliphatic heterocycles. The Morgan fingerprint density at radius 2 is 1.72 bits per heavy atom. The SMILES string of the molecule is COC(=O)c1nc(-c2ccc(OC(F)(F)F)cc2)cc2ccccc12. The Balaban J connectivity index is 2.05. The monoisotopic (exact) mass is 347 g/mol. The van der Waals surface area contributed by atoms with Crippen molar-refractivity contribution < 1.29 is 27.4 Å². The van der Waals surface area contributed by atoms with Crippen LogP contribution in [0.2, 0.25) is 0 Å². The molecule has 2 aromatic carbocycles. The number of pyridine rings is 1. The zero-order chi connectivity index (χ0) is 18.0. The lowest BCUT2D eigenvalue weighted by Crippen LogP contribution is -2.16. The molecule has 4 nitrogen and oxygen atoms in total. The van der Waals surface area contributed by atoms with Crippen molar-refractivity contribution in [2.24, 2.45) is 0 Å². The van der Waals surface area contributed by atoms with Crippen molar-refractivity contribution in [3.63, 3.8) is 0 Å². The maximum Gasteiger partial charge on any atom is 0.573 e. The van der Waals surface area contributed by atoms with Gasteiger partial charge in [0.15, 0.2) is 5.69 Å². The van der Waals surface area contributed by atoms with E-state index in [1.165, 1.54) is 31.4 Å². The molecule has 0 atom stereocenters. The Labute approximate surface area is 140 Å². The van der Waals surface area contributed by atoms with Gasteiger partial charge in [-0.25, -0.2) is 9.78 Å². The predicted octanol–water partition coefficient (Wildman–Crippen LogP) is 4.59. The van der Waals surface area contributed by atoms with Gasteiger partial charge in [0.2, 0.25) is 0 Å². The zero-order valence-corrected chi connectivity index (χ0v) is 13.0. The lowest BCUT2D eigenvalue weighted by Gasteiger charge is -2.10. The van der Waals surface area contributed by atoms with Crippen LogP contribution in [0.15, 0.2) is 54.6 Å². The topological polar surface area (TPSA) is 48.4 Å². The number of esters is 1. The summed E-state index contributed by atoms with van der Waals surface area (Å²) >= 11 is 0. The Morgan fingerprint density at radius 3 is 2.36 bits per heavy atom. The number of aromatic nitrogens is 1. The minimum atomic E-state index is -4.75. The largest absolute Gasteiger partial charge is 0.573 e. The van der Waals surface area contributed by atoms with Gasteiger partial charge in [0.1, 0.15) is 5.75 Å². The van der Waals surface area contributed by atoms with Crippen molar-refractivity contribution in [1.29, 1.82) is 0 Å². The molecule has 0 amide bonds. The van der Waals surface area contributed by atoms with Crippen molar-refractivity contribution >= 4 is 16.7 Å². The van der Waals surface area contributed by atoms with Gasteiger partial charge in [-0.05, 0) is 35.7 Å². The molecular weight excluding hydrogens is 335 g/mol. The average molecular weight is 347 g/mol. The molecule has 1 aromatic heterocycles. The highest BCUT2D eigenvalue weighted by Crippen LogP contribution is 2.28. The van der Waals surface area contributed by atoms with Crippen LogP contribution < -0.4 is 4.74 Å².